The summed E-state index contributed by atoms with van der Waals surface area (Å²) < 4.78 is 106. The molecule has 0 aliphatic heterocycles. The Morgan fingerprint density at radius 3 is 1.51 bits per heavy atom. The number of halogens is 6. The van der Waals surface area contributed by atoms with Crippen molar-refractivity contribution in [2.75, 3.05) is 6.61 Å². The van der Waals surface area contributed by atoms with E-state index in [-0.39, 0.29) is 17.9 Å². The van der Waals surface area contributed by atoms with Crippen molar-refractivity contribution in [3.05, 3.63) is 12.2 Å². The van der Waals surface area contributed by atoms with Gasteiger partial charge in [0.2, 0.25) is 0 Å². The van der Waals surface area contributed by atoms with Gasteiger partial charge in [-0.1, -0.05) is 6.58 Å². The molecule has 2 N–H and O–H groups in total. The number of ether oxygens (including phenoxy) is 4. The van der Waals surface area contributed by atoms with Gasteiger partial charge in [0, 0.05) is 11.5 Å². The van der Waals surface area contributed by atoms with E-state index in [1.165, 1.54) is 20.8 Å². The fraction of sp³-hybridized carbons (Fsp3) is 0.871. The molecular weight excluding hydrogens is 614 g/mol. The number of aliphatic hydroxyl groups is 2. The molecule has 2 aliphatic carbocycles. The van der Waals surface area contributed by atoms with Crippen molar-refractivity contribution < 1.29 is 65.1 Å². The summed E-state index contributed by atoms with van der Waals surface area (Å²) in [6.45, 7) is 15.8. The number of carbonyl (C=O) groups excluding carboxylic acids is 2. The average molecular weight is 663 g/mol. The van der Waals surface area contributed by atoms with Crippen molar-refractivity contribution >= 4 is 11.9 Å². The number of carbonyl (C=O) groups is 2. The van der Waals surface area contributed by atoms with Gasteiger partial charge in [0.1, 0.15) is 17.3 Å². The average Bonchev–Trinajstić information content (AvgIpc) is 3.38. The molecule has 45 heavy (non-hydrogen) atoms. The standard InChI is InChI=1S/C31H48F6O8/c1-16(2)23(39)42-15-20(38)43-19-14-17-13-18(19)22(25(5,6)45-27(9,10)29(12,41)31(35,36)37)21(17)24(3,4)44-26(7,8)28(11,40)30(32,33)34/h17-19,21-22,40-41H,1,13-15H2,2-12H3. The molecule has 2 saturated carbocycles. The predicted molar refractivity (Wildman–Crippen MR) is 151 cm³/mol. The van der Waals surface area contributed by atoms with Crippen LogP contribution in [0.15, 0.2) is 12.2 Å². The molecule has 0 aromatic rings. The maximum Gasteiger partial charge on any atom is 0.419 e. The molecule has 2 rings (SSSR count). The lowest BCUT2D eigenvalue weighted by atomic mass is 9.64. The van der Waals surface area contributed by atoms with E-state index < -0.39 is 88.4 Å². The number of hydrogen-bond donors (Lipinski definition) is 2. The van der Waals surface area contributed by atoms with E-state index >= 15 is 0 Å². The van der Waals surface area contributed by atoms with Crippen LogP contribution in [0.5, 0.6) is 0 Å². The summed E-state index contributed by atoms with van der Waals surface area (Å²) in [6.07, 6.45) is -10.3. The highest BCUT2D eigenvalue weighted by atomic mass is 19.4. The zero-order valence-corrected chi connectivity index (χ0v) is 27.8. The third-order valence-corrected chi connectivity index (χ3v) is 9.99. The van der Waals surface area contributed by atoms with E-state index in [0.717, 1.165) is 27.7 Å². The van der Waals surface area contributed by atoms with Gasteiger partial charge in [0.15, 0.2) is 17.8 Å². The summed E-state index contributed by atoms with van der Waals surface area (Å²) >= 11 is 0. The van der Waals surface area contributed by atoms with Crippen molar-refractivity contribution in [2.24, 2.45) is 23.7 Å². The maximum absolute atomic E-state index is 13.9. The number of fused-ring (bicyclic) bond motifs is 2. The van der Waals surface area contributed by atoms with Crippen molar-refractivity contribution in [3.8, 4) is 0 Å². The highest BCUT2D eigenvalue weighted by Crippen LogP contribution is 2.62. The molecule has 0 aromatic heterocycles. The van der Waals surface area contributed by atoms with E-state index in [0.29, 0.717) is 20.3 Å². The van der Waals surface area contributed by atoms with E-state index in [1.807, 2.05) is 0 Å². The van der Waals surface area contributed by atoms with Gasteiger partial charge in [-0.15, -0.1) is 0 Å². The topological polar surface area (TPSA) is 112 Å². The van der Waals surface area contributed by atoms with Crippen LogP contribution in [-0.4, -0.2) is 80.8 Å². The normalized spacial score (nSPS) is 27.5. The van der Waals surface area contributed by atoms with Crippen LogP contribution in [0, 0.1) is 23.7 Å². The second kappa shape index (κ2) is 12.0. The third-order valence-electron chi connectivity index (χ3n) is 9.99. The number of hydrogen-bond acceptors (Lipinski definition) is 8. The lowest BCUT2D eigenvalue weighted by molar-refractivity contribution is -0.344. The summed E-state index contributed by atoms with van der Waals surface area (Å²) in [5, 5.41) is 21.1. The third kappa shape index (κ3) is 7.49. The van der Waals surface area contributed by atoms with E-state index in [9.17, 15) is 46.1 Å². The van der Waals surface area contributed by atoms with E-state index in [2.05, 4.69) is 6.58 Å². The zero-order valence-electron chi connectivity index (χ0n) is 27.8. The molecule has 2 bridgehead atoms. The quantitative estimate of drug-likeness (QED) is 0.147. The smallest absolute Gasteiger partial charge is 0.419 e. The van der Waals surface area contributed by atoms with Crippen LogP contribution in [0.2, 0.25) is 0 Å². The van der Waals surface area contributed by atoms with Gasteiger partial charge in [-0.25, -0.2) is 9.59 Å². The van der Waals surface area contributed by atoms with Gasteiger partial charge in [0.25, 0.3) is 0 Å². The van der Waals surface area contributed by atoms with Gasteiger partial charge >= 0.3 is 24.3 Å². The first kappa shape index (κ1) is 39.3. The first-order valence-electron chi connectivity index (χ1n) is 14.7. The van der Waals surface area contributed by atoms with Gasteiger partial charge in [0.05, 0.1) is 11.2 Å². The minimum atomic E-state index is -5.07. The molecule has 0 saturated heterocycles. The molecule has 0 radical (unpaired) electrons. The minimum Gasteiger partial charge on any atom is -0.460 e. The van der Waals surface area contributed by atoms with Crippen LogP contribution < -0.4 is 0 Å². The number of alkyl halides is 6. The molecule has 0 amide bonds. The summed E-state index contributed by atoms with van der Waals surface area (Å²) in [6, 6.07) is 0. The first-order chi connectivity index (χ1) is 19.7. The van der Waals surface area contributed by atoms with Crippen molar-refractivity contribution in [3.63, 3.8) is 0 Å². The Morgan fingerprint density at radius 2 is 1.13 bits per heavy atom. The SMILES string of the molecule is C=C(C)C(=O)OCC(=O)OC1CC2CC1C(C(C)(C)OC(C)(C)C(C)(O)C(F)(F)F)C2C(C)(C)OC(C)(C)C(C)(O)C(F)(F)F. The highest BCUT2D eigenvalue weighted by molar-refractivity contribution is 5.88. The van der Waals surface area contributed by atoms with Gasteiger partial charge in [-0.05, 0) is 107 Å². The minimum absolute atomic E-state index is 0.0662. The summed E-state index contributed by atoms with van der Waals surface area (Å²) in [5.41, 5.74) is -13.8. The summed E-state index contributed by atoms with van der Waals surface area (Å²) in [4.78, 5) is 24.4. The Bertz CT molecular complexity index is 1140. The molecule has 0 heterocycles. The summed E-state index contributed by atoms with van der Waals surface area (Å²) in [5.74, 6) is -4.03. The lowest BCUT2D eigenvalue weighted by Crippen LogP contribution is -2.65. The molecule has 7 unspecified atom stereocenters. The lowest BCUT2D eigenvalue weighted by Gasteiger charge is -2.55. The van der Waals surface area contributed by atoms with Crippen LogP contribution in [-0.2, 0) is 28.5 Å². The Balaban J connectivity index is 2.53. The Hall–Kier alpha value is -1.90. The predicted octanol–water partition coefficient (Wildman–Crippen LogP) is 6.06. The molecule has 0 spiro atoms. The molecule has 0 aromatic carbocycles. The highest BCUT2D eigenvalue weighted by Gasteiger charge is 2.68. The van der Waals surface area contributed by atoms with Crippen LogP contribution in [0.1, 0.15) is 89.0 Å². The molecule has 14 heteroatoms. The largest absolute Gasteiger partial charge is 0.460 e. The molecule has 262 valence electrons. The Morgan fingerprint density at radius 1 is 0.733 bits per heavy atom. The monoisotopic (exact) mass is 662 g/mol. The second-order valence-corrected chi connectivity index (χ2v) is 14.9. The molecular formula is C31H48F6O8. The molecule has 2 aliphatic rings. The Kier molecular flexibility index (Phi) is 10.4. The molecule has 2 fully saturated rings. The van der Waals surface area contributed by atoms with E-state index in [1.54, 1.807) is 13.8 Å². The van der Waals surface area contributed by atoms with Crippen LogP contribution in [0.4, 0.5) is 26.3 Å². The van der Waals surface area contributed by atoms with Crippen molar-refractivity contribution in [1.82, 2.24) is 0 Å². The number of esters is 2. The second-order valence-electron chi connectivity index (χ2n) is 14.9. The summed E-state index contributed by atoms with van der Waals surface area (Å²) in [7, 11) is 0. The maximum atomic E-state index is 13.9. The van der Waals surface area contributed by atoms with Gasteiger partial charge < -0.3 is 29.2 Å². The van der Waals surface area contributed by atoms with E-state index in [4.69, 9.17) is 18.9 Å². The molecule has 7 atom stereocenters. The van der Waals surface area contributed by atoms with Gasteiger partial charge in [-0.3, -0.25) is 0 Å². The van der Waals surface area contributed by atoms with Crippen LogP contribution >= 0.6 is 0 Å². The Labute approximate surface area is 260 Å². The first-order valence-corrected chi connectivity index (χ1v) is 14.7. The van der Waals surface area contributed by atoms with Crippen molar-refractivity contribution in [2.45, 2.75) is 141 Å². The fourth-order valence-corrected chi connectivity index (χ4v) is 7.17. The van der Waals surface area contributed by atoms with Crippen LogP contribution in [0.25, 0.3) is 0 Å². The zero-order chi connectivity index (χ0) is 35.6. The van der Waals surface area contributed by atoms with Crippen LogP contribution in [0.3, 0.4) is 0 Å². The molecule has 8 nitrogen and oxygen atoms in total. The van der Waals surface area contributed by atoms with Crippen molar-refractivity contribution in [1.29, 1.82) is 0 Å². The van der Waals surface area contributed by atoms with Gasteiger partial charge in [-0.2, -0.15) is 26.3 Å². The number of rotatable bonds is 12. The fourth-order valence-electron chi connectivity index (χ4n) is 7.17.